The average Bonchev–Trinajstić information content (AvgIpc) is 3.17. The summed E-state index contributed by atoms with van der Waals surface area (Å²) in [4.78, 5) is 18.3. The Morgan fingerprint density at radius 1 is 1.32 bits per heavy atom. The lowest BCUT2D eigenvalue weighted by atomic mass is 9.76. The molecule has 0 unspecified atom stereocenters. The number of amides is 1. The molecule has 134 valence electrons. The van der Waals surface area contributed by atoms with Crippen molar-refractivity contribution in [1.29, 1.82) is 0 Å². The molecule has 1 aromatic carbocycles. The highest BCUT2D eigenvalue weighted by molar-refractivity contribution is 7.20. The molecule has 2 fully saturated rings. The van der Waals surface area contributed by atoms with Gasteiger partial charge in [-0.25, -0.2) is 0 Å². The van der Waals surface area contributed by atoms with Crippen LogP contribution in [0.3, 0.4) is 0 Å². The normalized spacial score (nSPS) is 23.6. The summed E-state index contributed by atoms with van der Waals surface area (Å²) < 4.78 is 6.56. The number of carbonyl (C=O) groups excluding carboxylic acids is 1. The molecule has 2 aliphatic heterocycles. The molecular formula is C20H26N2O2S. The van der Waals surface area contributed by atoms with Gasteiger partial charge in [0.05, 0.1) is 11.5 Å². The largest absolute Gasteiger partial charge is 0.383 e. The zero-order chi connectivity index (χ0) is 17.4. The highest BCUT2D eigenvalue weighted by Gasteiger charge is 2.44. The SMILES string of the molecule is COC[C@H]1CC2(CCN(C(=O)c3cc4ccccc4s3)CC2)CN1C. The molecule has 2 aromatic rings. The highest BCUT2D eigenvalue weighted by Crippen LogP contribution is 2.43. The van der Waals surface area contributed by atoms with Crippen molar-refractivity contribution in [3.05, 3.63) is 35.2 Å². The van der Waals surface area contributed by atoms with E-state index in [1.807, 2.05) is 18.2 Å². The number of methoxy groups -OCH3 is 1. The van der Waals surface area contributed by atoms with Crippen molar-refractivity contribution in [3.8, 4) is 0 Å². The molecule has 1 atom stereocenters. The quantitative estimate of drug-likeness (QED) is 0.842. The number of likely N-dealkylation sites (tertiary alicyclic amines) is 2. The van der Waals surface area contributed by atoms with Crippen LogP contribution in [-0.4, -0.2) is 62.1 Å². The highest BCUT2D eigenvalue weighted by atomic mass is 32.1. The van der Waals surface area contributed by atoms with E-state index in [4.69, 9.17) is 4.74 Å². The predicted molar refractivity (Wildman–Crippen MR) is 102 cm³/mol. The number of fused-ring (bicyclic) bond motifs is 1. The Morgan fingerprint density at radius 2 is 2.08 bits per heavy atom. The maximum absolute atomic E-state index is 12.9. The van der Waals surface area contributed by atoms with Crippen LogP contribution in [0.2, 0.25) is 0 Å². The Bertz CT molecular complexity index is 731. The maximum Gasteiger partial charge on any atom is 0.263 e. The topological polar surface area (TPSA) is 32.8 Å². The number of ether oxygens (including phenoxy) is 1. The molecule has 1 spiro atoms. The minimum absolute atomic E-state index is 0.204. The average molecular weight is 359 g/mol. The molecule has 4 rings (SSSR count). The zero-order valence-corrected chi connectivity index (χ0v) is 15.8. The summed E-state index contributed by atoms with van der Waals surface area (Å²) in [5, 5.41) is 1.17. The van der Waals surface area contributed by atoms with E-state index in [1.54, 1.807) is 18.4 Å². The lowest BCUT2D eigenvalue weighted by molar-refractivity contribution is 0.0597. The van der Waals surface area contributed by atoms with Gasteiger partial charge < -0.3 is 14.5 Å². The summed E-state index contributed by atoms with van der Waals surface area (Å²) in [5.41, 5.74) is 0.370. The lowest BCUT2D eigenvalue weighted by Gasteiger charge is -2.39. The van der Waals surface area contributed by atoms with Gasteiger partial charge >= 0.3 is 0 Å². The van der Waals surface area contributed by atoms with Gasteiger partial charge in [-0.2, -0.15) is 0 Å². The van der Waals surface area contributed by atoms with Gasteiger partial charge in [0.25, 0.3) is 5.91 Å². The fourth-order valence-corrected chi connectivity index (χ4v) is 5.58. The molecule has 5 heteroatoms. The summed E-state index contributed by atoms with van der Waals surface area (Å²) in [6.45, 7) is 3.69. The van der Waals surface area contributed by atoms with Crippen molar-refractivity contribution in [2.75, 3.05) is 40.4 Å². The smallest absolute Gasteiger partial charge is 0.263 e. The van der Waals surface area contributed by atoms with Crippen LogP contribution in [0, 0.1) is 5.41 Å². The van der Waals surface area contributed by atoms with Crippen LogP contribution < -0.4 is 0 Å². The van der Waals surface area contributed by atoms with Gasteiger partial charge in [0.1, 0.15) is 0 Å². The fraction of sp³-hybridized carbons (Fsp3) is 0.550. The number of nitrogens with zero attached hydrogens (tertiary/aromatic N) is 2. The predicted octanol–water partition coefficient (Wildman–Crippen LogP) is 3.47. The summed E-state index contributed by atoms with van der Waals surface area (Å²) in [6, 6.07) is 10.8. The summed E-state index contributed by atoms with van der Waals surface area (Å²) in [6.07, 6.45) is 3.41. The third-order valence-corrected chi connectivity index (χ3v) is 7.09. The third kappa shape index (κ3) is 3.21. The van der Waals surface area contributed by atoms with Crippen molar-refractivity contribution < 1.29 is 9.53 Å². The maximum atomic E-state index is 12.9. The monoisotopic (exact) mass is 358 g/mol. The Labute approximate surface area is 153 Å². The van der Waals surface area contributed by atoms with E-state index in [-0.39, 0.29) is 5.91 Å². The molecule has 1 aromatic heterocycles. The van der Waals surface area contributed by atoms with Crippen molar-refractivity contribution in [2.45, 2.75) is 25.3 Å². The number of likely N-dealkylation sites (N-methyl/N-ethyl adjacent to an activating group) is 1. The second-order valence-corrected chi connectivity index (χ2v) is 8.75. The van der Waals surface area contributed by atoms with Crippen molar-refractivity contribution >= 4 is 27.3 Å². The second-order valence-electron chi connectivity index (χ2n) is 7.67. The van der Waals surface area contributed by atoms with E-state index < -0.39 is 0 Å². The Kier molecular flexibility index (Phi) is 4.56. The Hall–Kier alpha value is -1.43. The van der Waals surface area contributed by atoms with Gasteiger partial charge in [0.2, 0.25) is 0 Å². The molecule has 1 amide bonds. The van der Waals surface area contributed by atoms with Crippen LogP contribution in [0.4, 0.5) is 0 Å². The summed E-state index contributed by atoms with van der Waals surface area (Å²) in [7, 11) is 3.98. The minimum Gasteiger partial charge on any atom is -0.383 e. The standard InChI is InChI=1S/C20H26N2O2S/c1-21-14-20(12-16(21)13-24-2)7-9-22(10-8-20)19(23)18-11-15-5-3-4-6-17(15)25-18/h3-6,11,16H,7-10,12-14H2,1-2H3/t16-/m1/s1. The number of hydrogen-bond donors (Lipinski definition) is 0. The molecule has 4 nitrogen and oxygen atoms in total. The minimum atomic E-state index is 0.204. The number of thiophene rings is 1. The molecule has 2 saturated heterocycles. The zero-order valence-electron chi connectivity index (χ0n) is 15.0. The molecule has 0 radical (unpaired) electrons. The molecule has 0 aliphatic carbocycles. The van der Waals surface area contributed by atoms with E-state index in [2.05, 4.69) is 29.0 Å². The fourth-order valence-electron chi connectivity index (χ4n) is 4.55. The summed E-state index contributed by atoms with van der Waals surface area (Å²) in [5.74, 6) is 0.204. The first-order chi connectivity index (χ1) is 12.1. The van der Waals surface area contributed by atoms with Gasteiger partial charge in [0, 0.05) is 37.5 Å². The number of benzene rings is 1. The van der Waals surface area contributed by atoms with Crippen molar-refractivity contribution in [1.82, 2.24) is 9.80 Å². The second kappa shape index (κ2) is 6.71. The van der Waals surface area contributed by atoms with Crippen molar-refractivity contribution in [3.63, 3.8) is 0 Å². The first-order valence-electron chi connectivity index (χ1n) is 9.07. The van der Waals surface area contributed by atoms with E-state index >= 15 is 0 Å². The molecule has 2 aliphatic rings. The van der Waals surface area contributed by atoms with E-state index in [9.17, 15) is 4.79 Å². The van der Waals surface area contributed by atoms with Crippen LogP contribution in [0.15, 0.2) is 30.3 Å². The van der Waals surface area contributed by atoms with E-state index in [1.165, 1.54) is 16.5 Å². The van der Waals surface area contributed by atoms with Gasteiger partial charge in [-0.1, -0.05) is 18.2 Å². The summed E-state index contributed by atoms with van der Waals surface area (Å²) >= 11 is 1.61. The first-order valence-corrected chi connectivity index (χ1v) is 9.89. The van der Waals surface area contributed by atoms with Crippen LogP contribution in [0.1, 0.15) is 28.9 Å². The number of hydrogen-bond acceptors (Lipinski definition) is 4. The molecule has 0 N–H and O–H groups in total. The van der Waals surface area contributed by atoms with Crippen LogP contribution in [-0.2, 0) is 4.74 Å². The number of rotatable bonds is 3. The van der Waals surface area contributed by atoms with Crippen LogP contribution >= 0.6 is 11.3 Å². The van der Waals surface area contributed by atoms with Crippen molar-refractivity contribution in [2.24, 2.45) is 5.41 Å². The van der Waals surface area contributed by atoms with Gasteiger partial charge in [-0.15, -0.1) is 11.3 Å². The molecule has 0 bridgehead atoms. The van der Waals surface area contributed by atoms with E-state index in [0.717, 1.165) is 44.0 Å². The van der Waals surface area contributed by atoms with Gasteiger partial charge in [0.15, 0.2) is 0 Å². The van der Waals surface area contributed by atoms with Gasteiger partial charge in [-0.05, 0) is 49.2 Å². The number of carbonyl (C=O) groups is 1. The molecule has 0 saturated carbocycles. The third-order valence-electron chi connectivity index (χ3n) is 5.98. The first kappa shape index (κ1) is 17.0. The Balaban J connectivity index is 1.42. The molecular weight excluding hydrogens is 332 g/mol. The van der Waals surface area contributed by atoms with Crippen LogP contribution in [0.25, 0.3) is 10.1 Å². The van der Waals surface area contributed by atoms with E-state index in [0.29, 0.717) is 11.5 Å². The van der Waals surface area contributed by atoms with Crippen LogP contribution in [0.5, 0.6) is 0 Å². The molecule has 25 heavy (non-hydrogen) atoms. The lowest BCUT2D eigenvalue weighted by Crippen LogP contribution is -2.43. The van der Waals surface area contributed by atoms with Gasteiger partial charge in [-0.3, -0.25) is 4.79 Å². The number of piperidine rings is 1. The Morgan fingerprint density at radius 3 is 2.80 bits per heavy atom. The molecule has 3 heterocycles.